The number of benzene rings is 1. The third-order valence-corrected chi connectivity index (χ3v) is 5.16. The van der Waals surface area contributed by atoms with Crippen LogP contribution in [-0.4, -0.2) is 34.6 Å². The van der Waals surface area contributed by atoms with Gasteiger partial charge in [-0.3, -0.25) is 4.79 Å². The fourth-order valence-electron chi connectivity index (χ4n) is 3.53. The smallest absolute Gasteiger partial charge is 0.226 e. The summed E-state index contributed by atoms with van der Waals surface area (Å²) in [5, 5.41) is 9.83. The molecule has 1 amide bonds. The number of hydrogen-bond donors (Lipinski definition) is 2. The lowest BCUT2D eigenvalue weighted by molar-refractivity contribution is -0.137. The zero-order valence-corrected chi connectivity index (χ0v) is 13.0. The zero-order valence-electron chi connectivity index (χ0n) is 13.0. The largest absolute Gasteiger partial charge is 0.391 e. The molecule has 120 valence electrons. The SMILES string of the molecule is N[C@H]1C[C@H](C(=O)N(Cc2ccccc2)CC2CCC2)C[C@@H]1O. The van der Waals surface area contributed by atoms with Crippen molar-refractivity contribution in [3.05, 3.63) is 35.9 Å². The Hall–Kier alpha value is -1.39. The molecule has 0 saturated heterocycles. The Bertz CT molecular complexity index is 491. The van der Waals surface area contributed by atoms with Gasteiger partial charge in [0.1, 0.15) is 0 Å². The Balaban J connectivity index is 1.68. The first kappa shape index (κ1) is 15.5. The minimum absolute atomic E-state index is 0.117. The molecule has 2 aliphatic carbocycles. The number of amides is 1. The number of hydrogen-bond acceptors (Lipinski definition) is 3. The summed E-state index contributed by atoms with van der Waals surface area (Å²) in [4.78, 5) is 14.9. The maximum Gasteiger partial charge on any atom is 0.226 e. The standard InChI is InChI=1S/C18H26N2O2/c19-16-9-15(10-17(16)21)18(22)20(12-14-7-4-8-14)11-13-5-2-1-3-6-13/h1-3,5-6,14-17,21H,4,7-12,19H2/t15-,16-,17-/m0/s1. The molecule has 1 aromatic rings. The van der Waals surface area contributed by atoms with E-state index in [1.807, 2.05) is 23.1 Å². The van der Waals surface area contributed by atoms with Crippen molar-refractivity contribution in [1.82, 2.24) is 4.90 Å². The summed E-state index contributed by atoms with van der Waals surface area (Å²) in [6.45, 7) is 1.51. The molecular weight excluding hydrogens is 276 g/mol. The quantitative estimate of drug-likeness (QED) is 0.873. The van der Waals surface area contributed by atoms with Gasteiger partial charge < -0.3 is 15.7 Å². The highest BCUT2D eigenvalue weighted by atomic mass is 16.3. The second-order valence-corrected chi connectivity index (χ2v) is 6.90. The molecule has 1 aromatic carbocycles. The molecule has 4 heteroatoms. The Kier molecular flexibility index (Phi) is 4.79. The number of aliphatic hydroxyl groups excluding tert-OH is 1. The van der Waals surface area contributed by atoms with E-state index in [-0.39, 0.29) is 17.9 Å². The minimum atomic E-state index is -0.531. The molecule has 0 unspecified atom stereocenters. The molecule has 2 aliphatic rings. The van der Waals surface area contributed by atoms with Gasteiger partial charge in [0, 0.05) is 25.0 Å². The van der Waals surface area contributed by atoms with Crippen LogP contribution in [0.3, 0.4) is 0 Å². The number of carbonyl (C=O) groups excluding carboxylic acids is 1. The van der Waals surface area contributed by atoms with Crippen LogP contribution in [0.25, 0.3) is 0 Å². The summed E-state index contributed by atoms with van der Waals surface area (Å²) in [5.41, 5.74) is 7.04. The number of carbonyl (C=O) groups is 1. The number of aliphatic hydroxyl groups is 1. The lowest BCUT2D eigenvalue weighted by atomic mass is 9.84. The molecule has 2 fully saturated rings. The molecule has 0 radical (unpaired) electrons. The van der Waals surface area contributed by atoms with E-state index < -0.39 is 6.10 Å². The summed E-state index contributed by atoms with van der Waals surface area (Å²) in [6, 6.07) is 9.89. The van der Waals surface area contributed by atoms with Crippen LogP contribution in [0.1, 0.15) is 37.7 Å². The lowest BCUT2D eigenvalue weighted by Crippen LogP contribution is -2.40. The van der Waals surface area contributed by atoms with Crippen molar-refractivity contribution in [2.24, 2.45) is 17.6 Å². The van der Waals surface area contributed by atoms with Crippen molar-refractivity contribution in [1.29, 1.82) is 0 Å². The van der Waals surface area contributed by atoms with Crippen LogP contribution in [0, 0.1) is 11.8 Å². The monoisotopic (exact) mass is 302 g/mol. The van der Waals surface area contributed by atoms with Crippen LogP contribution in [0.5, 0.6) is 0 Å². The molecule has 2 saturated carbocycles. The maximum atomic E-state index is 12.9. The lowest BCUT2D eigenvalue weighted by Gasteiger charge is -2.34. The number of nitrogens with zero attached hydrogens (tertiary/aromatic N) is 1. The Labute approximate surface area is 132 Å². The Morgan fingerprint density at radius 1 is 1.23 bits per heavy atom. The van der Waals surface area contributed by atoms with Crippen LogP contribution in [0.15, 0.2) is 30.3 Å². The van der Waals surface area contributed by atoms with Gasteiger partial charge in [0.2, 0.25) is 5.91 Å². The van der Waals surface area contributed by atoms with Crippen LogP contribution in [-0.2, 0) is 11.3 Å². The maximum absolute atomic E-state index is 12.9. The number of rotatable bonds is 5. The van der Waals surface area contributed by atoms with Gasteiger partial charge in [0.25, 0.3) is 0 Å². The fourth-order valence-corrected chi connectivity index (χ4v) is 3.53. The third-order valence-electron chi connectivity index (χ3n) is 5.16. The van der Waals surface area contributed by atoms with Crippen molar-refractivity contribution < 1.29 is 9.90 Å². The van der Waals surface area contributed by atoms with Crippen LogP contribution >= 0.6 is 0 Å². The molecule has 0 bridgehead atoms. The van der Waals surface area contributed by atoms with E-state index in [0.717, 1.165) is 12.1 Å². The van der Waals surface area contributed by atoms with Crippen molar-refractivity contribution in [2.45, 2.75) is 50.8 Å². The van der Waals surface area contributed by atoms with Crippen molar-refractivity contribution in [3.63, 3.8) is 0 Å². The fraction of sp³-hybridized carbons (Fsp3) is 0.611. The molecule has 0 aliphatic heterocycles. The van der Waals surface area contributed by atoms with Crippen molar-refractivity contribution >= 4 is 5.91 Å². The van der Waals surface area contributed by atoms with Gasteiger partial charge >= 0.3 is 0 Å². The van der Waals surface area contributed by atoms with E-state index in [2.05, 4.69) is 12.1 Å². The third kappa shape index (κ3) is 3.50. The normalized spacial score (nSPS) is 28.4. The highest BCUT2D eigenvalue weighted by molar-refractivity contribution is 5.79. The van der Waals surface area contributed by atoms with Crippen molar-refractivity contribution in [2.75, 3.05) is 6.54 Å². The average molecular weight is 302 g/mol. The van der Waals surface area contributed by atoms with Gasteiger partial charge in [-0.2, -0.15) is 0 Å². The predicted molar refractivity (Wildman–Crippen MR) is 85.9 cm³/mol. The van der Waals surface area contributed by atoms with E-state index in [4.69, 9.17) is 5.73 Å². The van der Waals surface area contributed by atoms with Crippen molar-refractivity contribution in [3.8, 4) is 0 Å². The van der Waals surface area contributed by atoms with Gasteiger partial charge in [0.05, 0.1) is 6.10 Å². The molecular formula is C18H26N2O2. The summed E-state index contributed by atoms with van der Waals surface area (Å²) in [5.74, 6) is 0.698. The van der Waals surface area contributed by atoms with Gasteiger partial charge in [-0.1, -0.05) is 36.8 Å². The molecule has 22 heavy (non-hydrogen) atoms. The number of nitrogens with two attached hydrogens (primary N) is 1. The van der Waals surface area contributed by atoms with E-state index in [1.165, 1.54) is 19.3 Å². The first-order valence-corrected chi connectivity index (χ1v) is 8.40. The second kappa shape index (κ2) is 6.80. The van der Waals surface area contributed by atoms with Gasteiger partial charge in [-0.15, -0.1) is 0 Å². The molecule has 4 nitrogen and oxygen atoms in total. The van der Waals surface area contributed by atoms with Crippen LogP contribution < -0.4 is 5.73 Å². The van der Waals surface area contributed by atoms with Gasteiger partial charge in [-0.05, 0) is 37.2 Å². The first-order chi connectivity index (χ1) is 10.6. The Morgan fingerprint density at radius 3 is 2.50 bits per heavy atom. The predicted octanol–water partition coefficient (Wildman–Crippen LogP) is 1.91. The van der Waals surface area contributed by atoms with E-state index >= 15 is 0 Å². The second-order valence-electron chi connectivity index (χ2n) is 6.90. The average Bonchev–Trinajstić information content (AvgIpc) is 2.81. The molecule has 0 spiro atoms. The molecule has 0 aromatic heterocycles. The molecule has 3 atom stereocenters. The summed E-state index contributed by atoms with van der Waals surface area (Å²) in [7, 11) is 0. The van der Waals surface area contributed by atoms with Gasteiger partial charge in [0.15, 0.2) is 0 Å². The van der Waals surface area contributed by atoms with Gasteiger partial charge in [-0.25, -0.2) is 0 Å². The highest BCUT2D eigenvalue weighted by Gasteiger charge is 2.37. The highest BCUT2D eigenvalue weighted by Crippen LogP contribution is 2.31. The Morgan fingerprint density at radius 2 is 1.95 bits per heavy atom. The molecule has 3 N–H and O–H groups in total. The van der Waals surface area contributed by atoms with Crippen LogP contribution in [0.2, 0.25) is 0 Å². The van der Waals surface area contributed by atoms with Crippen LogP contribution in [0.4, 0.5) is 0 Å². The zero-order chi connectivity index (χ0) is 15.5. The molecule has 0 heterocycles. The summed E-state index contributed by atoms with van der Waals surface area (Å²) < 4.78 is 0. The first-order valence-electron chi connectivity index (χ1n) is 8.40. The van der Waals surface area contributed by atoms with E-state index in [9.17, 15) is 9.90 Å². The summed E-state index contributed by atoms with van der Waals surface area (Å²) >= 11 is 0. The topological polar surface area (TPSA) is 66.6 Å². The summed E-state index contributed by atoms with van der Waals surface area (Å²) in [6.07, 6.45) is 4.32. The molecule has 3 rings (SSSR count). The minimum Gasteiger partial charge on any atom is -0.391 e. The van der Waals surface area contributed by atoms with E-state index in [1.54, 1.807) is 0 Å². The van der Waals surface area contributed by atoms with E-state index in [0.29, 0.717) is 25.3 Å².